The summed E-state index contributed by atoms with van der Waals surface area (Å²) in [6, 6.07) is 8.63. The van der Waals surface area contributed by atoms with Gasteiger partial charge in [0.15, 0.2) is 0 Å². The summed E-state index contributed by atoms with van der Waals surface area (Å²) in [5.41, 5.74) is 1.26. The lowest BCUT2D eigenvalue weighted by Crippen LogP contribution is -2.29. The number of hydrogen-bond acceptors (Lipinski definition) is 3. The average molecular weight is 259 g/mol. The highest BCUT2D eigenvalue weighted by atomic mass is 16.5. The number of nitrogens with zero attached hydrogens (tertiary/aromatic N) is 2. The summed E-state index contributed by atoms with van der Waals surface area (Å²) in [5, 5.41) is 3.50. The van der Waals surface area contributed by atoms with Gasteiger partial charge in [-0.3, -0.25) is 0 Å². The molecule has 0 saturated heterocycles. The Morgan fingerprint density at radius 3 is 2.74 bits per heavy atom. The van der Waals surface area contributed by atoms with Crippen LogP contribution in [0, 0.1) is 0 Å². The van der Waals surface area contributed by atoms with Crippen molar-refractivity contribution < 1.29 is 4.74 Å². The smallest absolute Gasteiger partial charge is 0.119 e. The van der Waals surface area contributed by atoms with Crippen LogP contribution in [-0.2, 0) is 13.1 Å². The topological polar surface area (TPSA) is 39.1 Å². The fourth-order valence-corrected chi connectivity index (χ4v) is 1.94. The van der Waals surface area contributed by atoms with Gasteiger partial charge in [-0.15, -0.1) is 0 Å². The molecule has 1 unspecified atom stereocenters. The van der Waals surface area contributed by atoms with E-state index in [4.69, 9.17) is 4.74 Å². The monoisotopic (exact) mass is 259 g/mol. The fourth-order valence-electron chi connectivity index (χ4n) is 1.94. The summed E-state index contributed by atoms with van der Waals surface area (Å²) in [7, 11) is 0. The van der Waals surface area contributed by atoms with E-state index in [1.54, 1.807) is 6.20 Å². The number of aromatic nitrogens is 2. The molecule has 0 spiro atoms. The van der Waals surface area contributed by atoms with Crippen LogP contribution < -0.4 is 10.1 Å². The largest absolute Gasteiger partial charge is 0.494 e. The molecule has 0 saturated carbocycles. The molecule has 2 rings (SSSR count). The maximum absolute atomic E-state index is 5.43. The maximum Gasteiger partial charge on any atom is 0.119 e. The van der Waals surface area contributed by atoms with E-state index >= 15 is 0 Å². The minimum absolute atomic E-state index is 0.403. The third-order valence-corrected chi connectivity index (χ3v) is 2.93. The second-order valence-electron chi connectivity index (χ2n) is 4.62. The lowest BCUT2D eigenvalue weighted by atomic mass is 10.2. The predicted molar refractivity (Wildman–Crippen MR) is 76.1 cm³/mol. The first-order valence-electron chi connectivity index (χ1n) is 6.69. The molecule has 4 nitrogen and oxygen atoms in total. The summed E-state index contributed by atoms with van der Waals surface area (Å²) in [6.07, 6.45) is 5.63. The highest BCUT2D eigenvalue weighted by molar-refractivity contribution is 5.27. The van der Waals surface area contributed by atoms with Crippen molar-refractivity contribution in [1.29, 1.82) is 0 Å². The van der Waals surface area contributed by atoms with Crippen LogP contribution in [-0.4, -0.2) is 22.2 Å². The molecule has 0 radical (unpaired) electrons. The molecule has 0 aliphatic heterocycles. The first-order valence-corrected chi connectivity index (χ1v) is 6.69. The van der Waals surface area contributed by atoms with E-state index in [0.717, 1.165) is 18.8 Å². The Morgan fingerprint density at radius 2 is 2.11 bits per heavy atom. The van der Waals surface area contributed by atoms with Gasteiger partial charge in [0.25, 0.3) is 0 Å². The molecule has 0 amide bonds. The zero-order chi connectivity index (χ0) is 13.5. The van der Waals surface area contributed by atoms with Crippen LogP contribution in [0.15, 0.2) is 43.0 Å². The Balaban J connectivity index is 1.78. The lowest BCUT2D eigenvalue weighted by Gasteiger charge is -2.14. The van der Waals surface area contributed by atoms with Gasteiger partial charge in [0.1, 0.15) is 5.75 Å². The van der Waals surface area contributed by atoms with Crippen molar-refractivity contribution in [2.75, 3.05) is 6.61 Å². The Hall–Kier alpha value is -1.81. The van der Waals surface area contributed by atoms with Crippen LogP contribution in [0.2, 0.25) is 0 Å². The van der Waals surface area contributed by atoms with Crippen LogP contribution in [0.4, 0.5) is 0 Å². The van der Waals surface area contributed by atoms with Crippen LogP contribution in [0.1, 0.15) is 19.4 Å². The SMILES string of the molecule is CCOc1ccc(CNC(C)Cn2ccnc2)cc1. The van der Waals surface area contributed by atoms with Gasteiger partial charge >= 0.3 is 0 Å². The summed E-state index contributed by atoms with van der Waals surface area (Å²) < 4.78 is 7.51. The van der Waals surface area contributed by atoms with E-state index in [2.05, 4.69) is 33.9 Å². The summed E-state index contributed by atoms with van der Waals surface area (Å²) >= 11 is 0. The molecule has 1 atom stereocenters. The normalized spacial score (nSPS) is 12.3. The Morgan fingerprint density at radius 1 is 1.32 bits per heavy atom. The number of imidazole rings is 1. The van der Waals surface area contributed by atoms with Gasteiger partial charge in [-0.25, -0.2) is 4.98 Å². The van der Waals surface area contributed by atoms with E-state index in [0.29, 0.717) is 12.6 Å². The van der Waals surface area contributed by atoms with Crippen molar-refractivity contribution in [3.8, 4) is 5.75 Å². The first-order chi connectivity index (χ1) is 9.28. The van der Waals surface area contributed by atoms with E-state index in [9.17, 15) is 0 Å². The minimum atomic E-state index is 0.403. The number of benzene rings is 1. The third kappa shape index (κ3) is 4.41. The van der Waals surface area contributed by atoms with Gasteiger partial charge in [-0.1, -0.05) is 12.1 Å². The van der Waals surface area contributed by atoms with Gasteiger partial charge in [0, 0.05) is 31.5 Å². The van der Waals surface area contributed by atoms with Crippen molar-refractivity contribution in [3.63, 3.8) is 0 Å². The van der Waals surface area contributed by atoms with E-state index < -0.39 is 0 Å². The van der Waals surface area contributed by atoms with Crippen molar-refractivity contribution in [1.82, 2.24) is 14.9 Å². The molecule has 1 aromatic heterocycles. The van der Waals surface area contributed by atoms with Gasteiger partial charge in [0.2, 0.25) is 0 Å². The van der Waals surface area contributed by atoms with Crippen molar-refractivity contribution in [2.24, 2.45) is 0 Å². The zero-order valence-electron chi connectivity index (χ0n) is 11.5. The lowest BCUT2D eigenvalue weighted by molar-refractivity contribution is 0.340. The zero-order valence-corrected chi connectivity index (χ0v) is 11.5. The summed E-state index contributed by atoms with van der Waals surface area (Å²) in [4.78, 5) is 4.04. The molecule has 0 fully saturated rings. The molecule has 0 bridgehead atoms. The highest BCUT2D eigenvalue weighted by Crippen LogP contribution is 2.12. The summed E-state index contributed by atoms with van der Waals surface area (Å²) in [5.74, 6) is 0.928. The second-order valence-corrected chi connectivity index (χ2v) is 4.62. The predicted octanol–water partition coefficient (Wildman–Crippen LogP) is 2.46. The molecular weight excluding hydrogens is 238 g/mol. The molecular formula is C15H21N3O. The van der Waals surface area contributed by atoms with Gasteiger partial charge in [-0.05, 0) is 31.5 Å². The number of nitrogens with one attached hydrogen (secondary N) is 1. The first kappa shape index (κ1) is 13.6. The van der Waals surface area contributed by atoms with Gasteiger partial charge in [0.05, 0.1) is 12.9 Å². The maximum atomic E-state index is 5.43. The van der Waals surface area contributed by atoms with Crippen molar-refractivity contribution in [3.05, 3.63) is 48.5 Å². The molecule has 4 heteroatoms. The Labute approximate surface area is 114 Å². The third-order valence-electron chi connectivity index (χ3n) is 2.93. The van der Waals surface area contributed by atoms with Crippen LogP contribution in [0.25, 0.3) is 0 Å². The average Bonchev–Trinajstić information content (AvgIpc) is 2.91. The standard InChI is InChI=1S/C15H21N3O/c1-3-19-15-6-4-14(5-7-15)10-17-13(2)11-18-9-8-16-12-18/h4-9,12-13,17H,3,10-11H2,1-2H3. The summed E-state index contributed by atoms with van der Waals surface area (Å²) in [6.45, 7) is 6.67. The van der Waals surface area contributed by atoms with Crippen LogP contribution in [0.3, 0.4) is 0 Å². The molecule has 0 aliphatic rings. The van der Waals surface area contributed by atoms with Crippen LogP contribution in [0.5, 0.6) is 5.75 Å². The Bertz CT molecular complexity index is 465. The van der Waals surface area contributed by atoms with Crippen molar-refractivity contribution >= 4 is 0 Å². The van der Waals surface area contributed by atoms with Crippen molar-refractivity contribution in [2.45, 2.75) is 33.0 Å². The Kier molecular flexibility index (Phi) is 4.98. The highest BCUT2D eigenvalue weighted by Gasteiger charge is 2.02. The second kappa shape index (κ2) is 6.95. The fraction of sp³-hybridized carbons (Fsp3) is 0.400. The molecule has 0 aliphatic carbocycles. The molecule has 1 aromatic carbocycles. The molecule has 102 valence electrons. The molecule has 1 heterocycles. The molecule has 2 aromatic rings. The van der Waals surface area contributed by atoms with E-state index in [-0.39, 0.29) is 0 Å². The van der Waals surface area contributed by atoms with E-state index in [1.165, 1.54) is 5.56 Å². The van der Waals surface area contributed by atoms with E-state index in [1.807, 2.05) is 31.6 Å². The van der Waals surface area contributed by atoms with Crippen LogP contribution >= 0.6 is 0 Å². The minimum Gasteiger partial charge on any atom is -0.494 e. The molecule has 19 heavy (non-hydrogen) atoms. The molecule has 1 N–H and O–H groups in total. The van der Waals surface area contributed by atoms with Gasteiger partial charge in [-0.2, -0.15) is 0 Å². The quantitative estimate of drug-likeness (QED) is 0.830. The van der Waals surface area contributed by atoms with Gasteiger partial charge < -0.3 is 14.6 Å². The number of rotatable bonds is 7. The number of ether oxygens (including phenoxy) is 1. The number of hydrogen-bond donors (Lipinski definition) is 1.